The van der Waals surface area contributed by atoms with E-state index in [4.69, 9.17) is 14.4 Å². The Morgan fingerprint density at radius 3 is 3.06 bits per heavy atom. The Labute approximate surface area is 103 Å². The second kappa shape index (κ2) is 5.31. The predicted molar refractivity (Wildman–Crippen MR) is 61.4 cm³/mol. The quantitative estimate of drug-likeness (QED) is 0.858. The first-order valence-corrected chi connectivity index (χ1v) is 5.33. The van der Waals surface area contributed by atoms with Gasteiger partial charge in [0.05, 0.1) is 13.5 Å². The number of hydrogen-bond donors (Lipinski definition) is 1. The first-order chi connectivity index (χ1) is 8.67. The van der Waals surface area contributed by atoms with E-state index in [-0.39, 0.29) is 12.2 Å². The van der Waals surface area contributed by atoms with Gasteiger partial charge in [-0.15, -0.1) is 0 Å². The molecule has 1 heterocycles. The first kappa shape index (κ1) is 12.1. The minimum Gasteiger partial charge on any atom is -0.497 e. The summed E-state index contributed by atoms with van der Waals surface area (Å²) in [7, 11) is 1.59. The van der Waals surface area contributed by atoms with E-state index in [2.05, 4.69) is 10.1 Å². The average molecular weight is 248 g/mol. The van der Waals surface area contributed by atoms with Gasteiger partial charge < -0.3 is 14.4 Å². The van der Waals surface area contributed by atoms with Crippen molar-refractivity contribution in [1.29, 1.82) is 0 Å². The van der Waals surface area contributed by atoms with Crippen LogP contribution >= 0.6 is 0 Å². The molecule has 0 fully saturated rings. The molecule has 0 atom stereocenters. The van der Waals surface area contributed by atoms with Crippen molar-refractivity contribution in [3.8, 4) is 5.75 Å². The standard InChI is InChI=1S/C12H12N2O4/c1-17-9-4-2-3-8(5-9)6-11-13-10(14-18-11)7-12(15)16/h2-5H,6-7H2,1H3,(H,15,16). The molecular weight excluding hydrogens is 236 g/mol. The minimum atomic E-state index is -0.983. The molecule has 0 aliphatic carbocycles. The molecule has 1 aromatic carbocycles. The van der Waals surface area contributed by atoms with Gasteiger partial charge in [-0.3, -0.25) is 4.79 Å². The fourth-order valence-corrected chi connectivity index (χ4v) is 1.53. The third-order valence-corrected chi connectivity index (χ3v) is 2.31. The molecule has 0 saturated heterocycles. The Balaban J connectivity index is 2.08. The zero-order valence-electron chi connectivity index (χ0n) is 9.79. The van der Waals surface area contributed by atoms with Gasteiger partial charge in [0.1, 0.15) is 12.2 Å². The number of aromatic nitrogens is 2. The van der Waals surface area contributed by atoms with E-state index in [1.54, 1.807) is 7.11 Å². The van der Waals surface area contributed by atoms with Crippen LogP contribution in [-0.4, -0.2) is 28.3 Å². The molecule has 18 heavy (non-hydrogen) atoms. The van der Waals surface area contributed by atoms with Crippen LogP contribution in [0.3, 0.4) is 0 Å². The molecule has 0 aliphatic rings. The van der Waals surface area contributed by atoms with Crippen molar-refractivity contribution in [2.24, 2.45) is 0 Å². The number of nitrogens with zero attached hydrogens (tertiary/aromatic N) is 2. The van der Waals surface area contributed by atoms with Crippen LogP contribution in [-0.2, 0) is 17.6 Å². The molecule has 0 aliphatic heterocycles. The molecular formula is C12H12N2O4. The number of benzene rings is 1. The van der Waals surface area contributed by atoms with Gasteiger partial charge in [0.15, 0.2) is 5.82 Å². The highest BCUT2D eigenvalue weighted by atomic mass is 16.5. The fraction of sp³-hybridized carbons (Fsp3) is 0.250. The van der Waals surface area contributed by atoms with Crippen LogP contribution in [0.1, 0.15) is 17.3 Å². The van der Waals surface area contributed by atoms with Crippen LogP contribution < -0.4 is 4.74 Å². The molecule has 2 rings (SSSR count). The van der Waals surface area contributed by atoms with E-state index in [0.29, 0.717) is 12.3 Å². The topological polar surface area (TPSA) is 85.5 Å². The monoisotopic (exact) mass is 248 g/mol. The fourth-order valence-electron chi connectivity index (χ4n) is 1.53. The summed E-state index contributed by atoms with van der Waals surface area (Å²) in [6.45, 7) is 0. The van der Waals surface area contributed by atoms with Gasteiger partial charge in [0.2, 0.25) is 5.89 Å². The summed E-state index contributed by atoms with van der Waals surface area (Å²) < 4.78 is 10.1. The number of aliphatic carboxylic acids is 1. The molecule has 6 heteroatoms. The Hall–Kier alpha value is -2.37. The third kappa shape index (κ3) is 3.07. The number of hydrogen-bond acceptors (Lipinski definition) is 5. The predicted octanol–water partition coefficient (Wildman–Crippen LogP) is 1.30. The second-order valence-corrected chi connectivity index (χ2v) is 3.70. The molecule has 2 aromatic rings. The van der Waals surface area contributed by atoms with Gasteiger partial charge in [0, 0.05) is 0 Å². The average Bonchev–Trinajstić information content (AvgIpc) is 2.76. The first-order valence-electron chi connectivity index (χ1n) is 5.33. The van der Waals surface area contributed by atoms with Crippen molar-refractivity contribution < 1.29 is 19.2 Å². The second-order valence-electron chi connectivity index (χ2n) is 3.70. The van der Waals surface area contributed by atoms with Gasteiger partial charge in [-0.25, -0.2) is 0 Å². The molecule has 0 bridgehead atoms. The van der Waals surface area contributed by atoms with E-state index < -0.39 is 5.97 Å². The summed E-state index contributed by atoms with van der Waals surface area (Å²) in [6, 6.07) is 7.47. The van der Waals surface area contributed by atoms with E-state index >= 15 is 0 Å². The van der Waals surface area contributed by atoms with Gasteiger partial charge in [-0.05, 0) is 17.7 Å². The van der Waals surface area contributed by atoms with E-state index in [1.165, 1.54) is 0 Å². The lowest BCUT2D eigenvalue weighted by molar-refractivity contribution is -0.136. The highest BCUT2D eigenvalue weighted by Crippen LogP contribution is 2.15. The van der Waals surface area contributed by atoms with Crippen molar-refractivity contribution in [3.63, 3.8) is 0 Å². The lowest BCUT2D eigenvalue weighted by Gasteiger charge is -2.01. The Kier molecular flexibility index (Phi) is 3.57. The summed E-state index contributed by atoms with van der Waals surface area (Å²) >= 11 is 0. The number of carbonyl (C=O) groups is 1. The summed E-state index contributed by atoms with van der Waals surface area (Å²) in [5, 5.41) is 12.2. The van der Waals surface area contributed by atoms with Gasteiger partial charge in [-0.2, -0.15) is 4.98 Å². The smallest absolute Gasteiger partial charge is 0.311 e. The van der Waals surface area contributed by atoms with E-state index in [9.17, 15) is 4.79 Å². The van der Waals surface area contributed by atoms with Crippen LogP contribution in [0, 0.1) is 0 Å². The molecule has 1 N–H and O–H groups in total. The number of methoxy groups -OCH3 is 1. The Bertz CT molecular complexity index is 551. The SMILES string of the molecule is COc1cccc(Cc2nc(CC(=O)O)no2)c1. The highest BCUT2D eigenvalue weighted by Gasteiger charge is 2.10. The molecule has 0 unspecified atom stereocenters. The molecule has 1 aromatic heterocycles. The van der Waals surface area contributed by atoms with Crippen LogP contribution in [0.5, 0.6) is 5.75 Å². The zero-order chi connectivity index (χ0) is 13.0. The van der Waals surface area contributed by atoms with Crippen molar-refractivity contribution in [2.45, 2.75) is 12.8 Å². The number of carboxylic acid groups (broad SMARTS) is 1. The van der Waals surface area contributed by atoms with Crippen molar-refractivity contribution >= 4 is 5.97 Å². The van der Waals surface area contributed by atoms with Crippen LogP contribution in [0.25, 0.3) is 0 Å². The van der Waals surface area contributed by atoms with Gasteiger partial charge in [-0.1, -0.05) is 17.3 Å². The summed E-state index contributed by atoms with van der Waals surface area (Å²) in [5.41, 5.74) is 0.958. The molecule has 0 amide bonds. The maximum absolute atomic E-state index is 10.5. The van der Waals surface area contributed by atoms with E-state index in [1.807, 2.05) is 24.3 Å². The normalized spacial score (nSPS) is 10.3. The largest absolute Gasteiger partial charge is 0.497 e. The maximum Gasteiger partial charge on any atom is 0.311 e. The highest BCUT2D eigenvalue weighted by molar-refractivity contribution is 5.68. The molecule has 6 nitrogen and oxygen atoms in total. The third-order valence-electron chi connectivity index (χ3n) is 2.31. The minimum absolute atomic E-state index is 0.181. The Morgan fingerprint density at radius 2 is 2.33 bits per heavy atom. The van der Waals surface area contributed by atoms with E-state index in [0.717, 1.165) is 11.3 Å². The summed E-state index contributed by atoms with van der Waals surface area (Å²) in [4.78, 5) is 14.5. The van der Waals surface area contributed by atoms with Crippen LogP contribution in [0.15, 0.2) is 28.8 Å². The lowest BCUT2D eigenvalue weighted by Crippen LogP contribution is -2.01. The van der Waals surface area contributed by atoms with Crippen LogP contribution in [0.2, 0.25) is 0 Å². The van der Waals surface area contributed by atoms with Crippen molar-refractivity contribution in [1.82, 2.24) is 10.1 Å². The van der Waals surface area contributed by atoms with Crippen LogP contribution in [0.4, 0.5) is 0 Å². The van der Waals surface area contributed by atoms with Crippen molar-refractivity contribution in [2.75, 3.05) is 7.11 Å². The number of rotatable bonds is 5. The van der Waals surface area contributed by atoms with Crippen molar-refractivity contribution in [3.05, 3.63) is 41.5 Å². The van der Waals surface area contributed by atoms with Gasteiger partial charge >= 0.3 is 5.97 Å². The Morgan fingerprint density at radius 1 is 1.50 bits per heavy atom. The molecule has 0 saturated carbocycles. The lowest BCUT2D eigenvalue weighted by atomic mass is 10.1. The molecule has 94 valence electrons. The number of carboxylic acids is 1. The number of ether oxygens (including phenoxy) is 1. The van der Waals surface area contributed by atoms with Gasteiger partial charge in [0.25, 0.3) is 0 Å². The molecule has 0 radical (unpaired) electrons. The summed E-state index contributed by atoms with van der Waals surface area (Å²) in [5.74, 6) is 0.335. The summed E-state index contributed by atoms with van der Waals surface area (Å²) in [6.07, 6.45) is 0.214. The zero-order valence-corrected chi connectivity index (χ0v) is 9.79. The maximum atomic E-state index is 10.5. The molecule has 0 spiro atoms.